The maximum Gasteiger partial charge on any atom is 0.338 e. The van der Waals surface area contributed by atoms with Gasteiger partial charge in [-0.25, -0.2) is 4.79 Å². The maximum absolute atomic E-state index is 12.7. The van der Waals surface area contributed by atoms with Crippen molar-refractivity contribution >= 4 is 28.6 Å². The second kappa shape index (κ2) is 36.6. The largest absolute Gasteiger partial charge is 0.493 e. The van der Waals surface area contributed by atoms with Gasteiger partial charge in [0.05, 0.1) is 18.8 Å². The SMILES string of the molecule is CCCCCCCCCCCCCCCCCCOc1ccc(COC(=O)c2ccc(I)cc2)c(OCCCCCCCCCCCCCCCCCC)c1. The minimum absolute atomic E-state index is 0.179. The number of esters is 1. The number of unbranched alkanes of at least 4 members (excludes halogenated alkanes) is 30. The molecule has 0 amide bonds. The van der Waals surface area contributed by atoms with E-state index in [1.165, 1.54) is 193 Å². The molecule has 0 fully saturated rings. The smallest absolute Gasteiger partial charge is 0.338 e. The van der Waals surface area contributed by atoms with Gasteiger partial charge in [0.25, 0.3) is 0 Å². The number of hydrogen-bond acceptors (Lipinski definition) is 4. The van der Waals surface area contributed by atoms with Crippen LogP contribution < -0.4 is 9.47 Å². The van der Waals surface area contributed by atoms with Gasteiger partial charge in [-0.3, -0.25) is 0 Å². The number of carbonyl (C=O) groups excluding carboxylic acids is 1. The summed E-state index contributed by atoms with van der Waals surface area (Å²) >= 11 is 2.24. The van der Waals surface area contributed by atoms with Crippen molar-refractivity contribution in [3.8, 4) is 11.5 Å². The van der Waals surface area contributed by atoms with E-state index in [-0.39, 0.29) is 12.6 Å². The molecule has 0 saturated heterocycles. The van der Waals surface area contributed by atoms with Gasteiger partial charge in [-0.1, -0.05) is 206 Å². The third-order valence-electron chi connectivity index (χ3n) is 11.0. The first-order valence-corrected chi connectivity index (χ1v) is 24.5. The Kier molecular flexibility index (Phi) is 32.8. The molecule has 0 aromatic heterocycles. The van der Waals surface area contributed by atoms with Gasteiger partial charge in [0, 0.05) is 15.2 Å². The highest BCUT2D eigenvalue weighted by atomic mass is 127. The molecular weight excluding hydrogens is 791 g/mol. The Balaban J connectivity index is 1.61. The van der Waals surface area contributed by atoms with Gasteiger partial charge in [0.2, 0.25) is 0 Å². The highest BCUT2D eigenvalue weighted by molar-refractivity contribution is 14.1. The number of halogens is 1. The predicted octanol–water partition coefficient (Wildman–Crippen LogP) is 16.9. The summed E-state index contributed by atoms with van der Waals surface area (Å²) in [5.41, 5.74) is 1.44. The molecule has 0 aliphatic carbocycles. The maximum atomic E-state index is 12.7. The van der Waals surface area contributed by atoms with Gasteiger partial charge in [-0.15, -0.1) is 0 Å². The van der Waals surface area contributed by atoms with Gasteiger partial charge in [0.15, 0.2) is 0 Å². The molecule has 0 bridgehead atoms. The van der Waals surface area contributed by atoms with Crippen LogP contribution in [-0.4, -0.2) is 19.2 Å². The van der Waals surface area contributed by atoms with Crippen molar-refractivity contribution in [2.75, 3.05) is 13.2 Å². The fourth-order valence-corrected chi connectivity index (χ4v) is 7.72. The molecule has 0 saturated carbocycles. The van der Waals surface area contributed by atoms with E-state index in [1.807, 2.05) is 42.5 Å². The molecule has 2 aromatic carbocycles. The predicted molar refractivity (Wildman–Crippen MR) is 245 cm³/mol. The Morgan fingerprint density at radius 3 is 1.22 bits per heavy atom. The summed E-state index contributed by atoms with van der Waals surface area (Å²) < 4.78 is 19.3. The number of benzene rings is 2. The summed E-state index contributed by atoms with van der Waals surface area (Å²) in [6.45, 7) is 6.15. The minimum Gasteiger partial charge on any atom is -0.493 e. The van der Waals surface area contributed by atoms with Crippen molar-refractivity contribution in [2.24, 2.45) is 0 Å². The molecule has 0 aliphatic heterocycles. The normalized spacial score (nSPS) is 11.3. The van der Waals surface area contributed by atoms with Gasteiger partial charge in [0.1, 0.15) is 18.1 Å². The summed E-state index contributed by atoms with van der Waals surface area (Å²) in [4.78, 5) is 12.7. The molecule has 314 valence electrons. The van der Waals surface area contributed by atoms with Crippen LogP contribution in [0.4, 0.5) is 0 Å². The molecule has 0 radical (unpaired) electrons. The van der Waals surface area contributed by atoms with Crippen LogP contribution in [0.1, 0.15) is 235 Å². The zero-order valence-corrected chi connectivity index (χ0v) is 38.0. The van der Waals surface area contributed by atoms with Crippen LogP contribution in [0.2, 0.25) is 0 Å². The van der Waals surface area contributed by atoms with Crippen LogP contribution in [0.25, 0.3) is 0 Å². The Morgan fingerprint density at radius 2 is 0.818 bits per heavy atom. The lowest BCUT2D eigenvalue weighted by Gasteiger charge is -2.15. The van der Waals surface area contributed by atoms with Crippen LogP contribution in [0.15, 0.2) is 42.5 Å². The Labute approximate surface area is 353 Å². The van der Waals surface area contributed by atoms with E-state index in [9.17, 15) is 4.79 Å². The van der Waals surface area contributed by atoms with Gasteiger partial charge in [-0.2, -0.15) is 0 Å². The molecule has 5 heteroatoms. The second-order valence-electron chi connectivity index (χ2n) is 16.2. The molecular formula is C50H83IO4. The lowest BCUT2D eigenvalue weighted by Crippen LogP contribution is -2.07. The highest BCUT2D eigenvalue weighted by Crippen LogP contribution is 2.27. The first-order valence-electron chi connectivity index (χ1n) is 23.4. The Hall–Kier alpha value is -1.76. The van der Waals surface area contributed by atoms with Crippen molar-refractivity contribution in [3.05, 3.63) is 57.2 Å². The van der Waals surface area contributed by atoms with E-state index in [2.05, 4.69) is 36.4 Å². The van der Waals surface area contributed by atoms with Gasteiger partial charge in [-0.05, 0) is 71.8 Å². The molecule has 55 heavy (non-hydrogen) atoms. The van der Waals surface area contributed by atoms with E-state index in [0.717, 1.165) is 40.1 Å². The molecule has 0 unspecified atom stereocenters. The number of hydrogen-bond donors (Lipinski definition) is 0. The molecule has 0 heterocycles. The first-order chi connectivity index (χ1) is 27.1. The third kappa shape index (κ3) is 28.3. The minimum atomic E-state index is -0.316. The average molecular weight is 875 g/mol. The molecule has 2 aromatic rings. The van der Waals surface area contributed by atoms with Crippen LogP contribution in [0.5, 0.6) is 11.5 Å². The zero-order chi connectivity index (χ0) is 39.3. The molecule has 0 spiro atoms. The van der Waals surface area contributed by atoms with Crippen molar-refractivity contribution in [3.63, 3.8) is 0 Å². The van der Waals surface area contributed by atoms with E-state index in [1.54, 1.807) is 0 Å². The highest BCUT2D eigenvalue weighted by Gasteiger charge is 2.12. The first kappa shape index (κ1) is 49.4. The quantitative estimate of drug-likeness (QED) is 0.0381. The van der Waals surface area contributed by atoms with Crippen molar-refractivity contribution in [2.45, 2.75) is 226 Å². The molecule has 0 N–H and O–H groups in total. The van der Waals surface area contributed by atoms with Crippen LogP contribution in [-0.2, 0) is 11.3 Å². The molecule has 2 rings (SSSR count). The third-order valence-corrected chi connectivity index (χ3v) is 11.7. The number of ether oxygens (including phenoxy) is 3. The summed E-state index contributed by atoms with van der Waals surface area (Å²) in [6.07, 6.45) is 43.5. The molecule has 4 nitrogen and oxygen atoms in total. The van der Waals surface area contributed by atoms with E-state index in [4.69, 9.17) is 14.2 Å². The standard InChI is InChI=1S/C50H83IO4/c1-3-5-7-9-11-13-15-17-19-21-23-25-27-29-31-33-41-53-48-40-37-46(44-55-50(52)45-35-38-47(51)39-36-45)49(43-48)54-42-34-32-30-28-26-24-22-20-18-16-14-12-10-8-6-4-2/h35-40,43H,3-34,41-42,44H2,1-2H3. The van der Waals surface area contributed by atoms with E-state index in [0.29, 0.717) is 12.2 Å². The van der Waals surface area contributed by atoms with Crippen molar-refractivity contribution in [1.29, 1.82) is 0 Å². The second-order valence-corrected chi connectivity index (χ2v) is 17.4. The van der Waals surface area contributed by atoms with Crippen LogP contribution in [0, 0.1) is 3.57 Å². The number of carbonyl (C=O) groups is 1. The van der Waals surface area contributed by atoms with Gasteiger partial charge < -0.3 is 14.2 Å². The lowest BCUT2D eigenvalue weighted by molar-refractivity contribution is 0.0469. The van der Waals surface area contributed by atoms with E-state index < -0.39 is 0 Å². The fourth-order valence-electron chi connectivity index (χ4n) is 7.36. The van der Waals surface area contributed by atoms with Crippen molar-refractivity contribution in [1.82, 2.24) is 0 Å². The molecule has 0 aliphatic rings. The van der Waals surface area contributed by atoms with Crippen LogP contribution >= 0.6 is 22.6 Å². The summed E-state index contributed by atoms with van der Waals surface area (Å²) in [5, 5.41) is 0. The average Bonchev–Trinajstić information content (AvgIpc) is 3.20. The monoisotopic (exact) mass is 875 g/mol. The van der Waals surface area contributed by atoms with Gasteiger partial charge >= 0.3 is 5.97 Å². The zero-order valence-electron chi connectivity index (χ0n) is 35.8. The Morgan fingerprint density at radius 1 is 0.455 bits per heavy atom. The summed E-state index contributed by atoms with van der Waals surface area (Å²) in [7, 11) is 0. The topological polar surface area (TPSA) is 44.8 Å². The van der Waals surface area contributed by atoms with Crippen LogP contribution in [0.3, 0.4) is 0 Å². The lowest BCUT2D eigenvalue weighted by atomic mass is 10.0. The van der Waals surface area contributed by atoms with Crippen molar-refractivity contribution < 1.29 is 19.0 Å². The van der Waals surface area contributed by atoms with E-state index >= 15 is 0 Å². The summed E-state index contributed by atoms with van der Waals surface area (Å²) in [6, 6.07) is 13.5. The number of rotatable bonds is 39. The molecule has 0 atom stereocenters. The fraction of sp³-hybridized carbons (Fsp3) is 0.740. The summed E-state index contributed by atoms with van der Waals surface area (Å²) in [5.74, 6) is 1.28. The Bertz CT molecular complexity index is 1150.